The molecule has 2 nitrogen and oxygen atoms in total. The number of aryl methyl sites for hydroxylation is 1. The number of hydrogen-bond acceptors (Lipinski definition) is 2. The molecule has 0 bridgehead atoms. The molecule has 1 aromatic rings. The topological polar surface area (TPSA) is 29.4 Å². The molecule has 0 aromatic heterocycles. The van der Waals surface area contributed by atoms with E-state index in [9.17, 15) is 4.79 Å². The van der Waals surface area contributed by atoms with Gasteiger partial charge in [0.05, 0.1) is 5.69 Å². The maximum atomic E-state index is 11.1. The molecule has 78 valence electrons. The van der Waals surface area contributed by atoms with Crippen LogP contribution in [0.4, 0.5) is 5.69 Å². The Balaban J connectivity index is 2.91. The molecule has 1 rings (SSSR count). The lowest BCUT2D eigenvalue weighted by atomic mass is 10.2. The van der Waals surface area contributed by atoms with E-state index in [0.717, 1.165) is 11.3 Å². The van der Waals surface area contributed by atoms with Crippen molar-refractivity contribution in [1.82, 2.24) is 0 Å². The Kier molecular flexibility index (Phi) is 3.98. The van der Waals surface area contributed by atoms with Crippen molar-refractivity contribution in [1.29, 1.82) is 0 Å². The molecule has 0 saturated carbocycles. The Morgan fingerprint density at radius 2 is 2.00 bits per heavy atom. The van der Waals surface area contributed by atoms with Crippen molar-refractivity contribution in [3.8, 4) is 0 Å². The summed E-state index contributed by atoms with van der Waals surface area (Å²) in [5.74, 6) is 0.0369. The van der Waals surface area contributed by atoms with E-state index in [-0.39, 0.29) is 5.78 Å². The molecular formula is C13H15NO. The van der Waals surface area contributed by atoms with Gasteiger partial charge in [-0.1, -0.05) is 24.3 Å². The van der Waals surface area contributed by atoms with Gasteiger partial charge in [-0.15, -0.1) is 0 Å². The van der Waals surface area contributed by atoms with Crippen molar-refractivity contribution in [2.45, 2.75) is 20.8 Å². The zero-order chi connectivity index (χ0) is 11.3. The van der Waals surface area contributed by atoms with Crippen molar-refractivity contribution < 1.29 is 4.79 Å². The van der Waals surface area contributed by atoms with Gasteiger partial charge in [0.25, 0.3) is 0 Å². The number of allylic oxidation sites excluding steroid dienone is 2. The van der Waals surface area contributed by atoms with E-state index in [4.69, 9.17) is 0 Å². The second-order valence-corrected chi connectivity index (χ2v) is 3.34. The first-order valence-electron chi connectivity index (χ1n) is 4.92. The fraction of sp³-hybridized carbons (Fsp3) is 0.231. The van der Waals surface area contributed by atoms with Crippen molar-refractivity contribution in [3.63, 3.8) is 0 Å². The van der Waals surface area contributed by atoms with E-state index in [1.54, 1.807) is 19.2 Å². The summed E-state index contributed by atoms with van der Waals surface area (Å²) in [5.41, 5.74) is 2.64. The van der Waals surface area contributed by atoms with Gasteiger partial charge in [0.2, 0.25) is 0 Å². The Morgan fingerprint density at radius 3 is 2.53 bits per heavy atom. The normalized spacial score (nSPS) is 12.1. The second kappa shape index (κ2) is 5.25. The number of ketones is 1. The maximum absolute atomic E-state index is 11.1. The van der Waals surface area contributed by atoms with E-state index in [1.165, 1.54) is 0 Å². The molecule has 15 heavy (non-hydrogen) atoms. The van der Waals surface area contributed by atoms with Crippen LogP contribution in [0.1, 0.15) is 19.4 Å². The molecule has 0 heterocycles. The SMILES string of the molecule is C/C=C(/C=Nc1ccccc1C)C(C)=O. The minimum absolute atomic E-state index is 0.0369. The molecule has 0 radical (unpaired) electrons. The molecule has 0 aliphatic carbocycles. The maximum Gasteiger partial charge on any atom is 0.161 e. The number of benzene rings is 1. The first-order valence-corrected chi connectivity index (χ1v) is 4.92. The van der Waals surface area contributed by atoms with E-state index in [0.29, 0.717) is 5.57 Å². The third kappa shape index (κ3) is 3.17. The first kappa shape index (κ1) is 11.4. The smallest absolute Gasteiger partial charge is 0.161 e. The predicted molar refractivity (Wildman–Crippen MR) is 63.8 cm³/mol. The number of rotatable bonds is 3. The van der Waals surface area contributed by atoms with Crippen molar-refractivity contribution in [2.75, 3.05) is 0 Å². The third-order valence-corrected chi connectivity index (χ3v) is 2.18. The van der Waals surface area contributed by atoms with Crippen LogP contribution in [0.5, 0.6) is 0 Å². The lowest BCUT2D eigenvalue weighted by molar-refractivity contribution is -0.113. The van der Waals surface area contributed by atoms with Crippen LogP contribution in [-0.2, 0) is 4.79 Å². The molecule has 0 atom stereocenters. The summed E-state index contributed by atoms with van der Waals surface area (Å²) in [6.45, 7) is 5.37. The number of Topliss-reactive ketones (excluding diaryl/α,β-unsaturated/α-hetero) is 1. The Hall–Kier alpha value is -1.70. The van der Waals surface area contributed by atoms with Gasteiger partial charge in [-0.2, -0.15) is 0 Å². The lowest BCUT2D eigenvalue weighted by Gasteiger charge is -1.98. The molecule has 1 aromatic carbocycles. The highest BCUT2D eigenvalue weighted by Crippen LogP contribution is 2.16. The third-order valence-electron chi connectivity index (χ3n) is 2.18. The minimum Gasteiger partial charge on any atom is -0.294 e. The Labute approximate surface area is 90.4 Å². The quantitative estimate of drug-likeness (QED) is 0.545. The molecule has 0 fully saturated rings. The summed E-state index contributed by atoms with van der Waals surface area (Å²) in [4.78, 5) is 15.4. The Morgan fingerprint density at radius 1 is 1.33 bits per heavy atom. The minimum atomic E-state index is 0.0369. The summed E-state index contributed by atoms with van der Waals surface area (Å²) in [6.07, 6.45) is 3.38. The van der Waals surface area contributed by atoms with Gasteiger partial charge < -0.3 is 0 Å². The van der Waals surface area contributed by atoms with Crippen molar-refractivity contribution >= 4 is 17.7 Å². The van der Waals surface area contributed by atoms with Gasteiger partial charge in [0.15, 0.2) is 5.78 Å². The summed E-state index contributed by atoms with van der Waals surface area (Å²) in [7, 11) is 0. The molecule has 0 unspecified atom stereocenters. The summed E-state index contributed by atoms with van der Waals surface area (Å²) in [6, 6.07) is 7.83. The molecular weight excluding hydrogens is 186 g/mol. The molecule has 0 N–H and O–H groups in total. The van der Waals surface area contributed by atoms with Gasteiger partial charge in [-0.05, 0) is 32.4 Å². The molecule has 0 amide bonds. The number of hydrogen-bond donors (Lipinski definition) is 0. The standard InChI is InChI=1S/C13H15NO/c1-4-12(11(3)15)9-14-13-8-6-5-7-10(13)2/h4-9H,1-3H3/b12-4-,14-9?. The predicted octanol–water partition coefficient (Wildman–Crippen LogP) is 3.23. The molecule has 2 heteroatoms. The van der Waals surface area contributed by atoms with Crippen molar-refractivity contribution in [3.05, 3.63) is 41.5 Å². The average Bonchev–Trinajstić information content (AvgIpc) is 2.21. The Bertz CT molecular complexity index is 416. The van der Waals surface area contributed by atoms with Gasteiger partial charge >= 0.3 is 0 Å². The second-order valence-electron chi connectivity index (χ2n) is 3.34. The number of para-hydroxylation sites is 1. The first-order chi connectivity index (χ1) is 7.15. The van der Waals surface area contributed by atoms with E-state index in [1.807, 2.05) is 38.1 Å². The zero-order valence-corrected chi connectivity index (χ0v) is 9.32. The highest BCUT2D eigenvalue weighted by atomic mass is 16.1. The molecule has 0 aliphatic rings. The van der Waals surface area contributed by atoms with Crippen LogP contribution in [0.2, 0.25) is 0 Å². The fourth-order valence-electron chi connectivity index (χ4n) is 1.22. The molecule has 0 aliphatic heterocycles. The summed E-state index contributed by atoms with van der Waals surface area (Å²) < 4.78 is 0. The van der Waals surface area contributed by atoms with Crippen LogP contribution in [0.15, 0.2) is 40.9 Å². The van der Waals surface area contributed by atoms with Crippen LogP contribution in [0.25, 0.3) is 0 Å². The highest BCUT2D eigenvalue weighted by molar-refractivity contribution is 6.12. The van der Waals surface area contributed by atoms with Gasteiger partial charge in [-0.3, -0.25) is 9.79 Å². The van der Waals surface area contributed by atoms with Gasteiger partial charge in [0, 0.05) is 11.8 Å². The van der Waals surface area contributed by atoms with Crippen LogP contribution in [-0.4, -0.2) is 12.0 Å². The van der Waals surface area contributed by atoms with Gasteiger partial charge in [0.1, 0.15) is 0 Å². The highest BCUT2D eigenvalue weighted by Gasteiger charge is 1.98. The molecule has 0 saturated heterocycles. The lowest BCUT2D eigenvalue weighted by Crippen LogP contribution is -1.96. The summed E-state index contributed by atoms with van der Waals surface area (Å²) in [5, 5.41) is 0. The van der Waals surface area contributed by atoms with E-state index in [2.05, 4.69) is 4.99 Å². The van der Waals surface area contributed by atoms with Crippen LogP contribution >= 0.6 is 0 Å². The largest absolute Gasteiger partial charge is 0.294 e. The van der Waals surface area contributed by atoms with Gasteiger partial charge in [-0.25, -0.2) is 0 Å². The number of carbonyl (C=O) groups is 1. The monoisotopic (exact) mass is 201 g/mol. The molecule has 0 spiro atoms. The summed E-state index contributed by atoms with van der Waals surface area (Å²) >= 11 is 0. The van der Waals surface area contributed by atoms with E-state index < -0.39 is 0 Å². The van der Waals surface area contributed by atoms with Crippen molar-refractivity contribution in [2.24, 2.45) is 4.99 Å². The van der Waals surface area contributed by atoms with Crippen LogP contribution in [0.3, 0.4) is 0 Å². The van der Waals surface area contributed by atoms with E-state index >= 15 is 0 Å². The fourth-order valence-corrected chi connectivity index (χ4v) is 1.22. The zero-order valence-electron chi connectivity index (χ0n) is 9.32. The number of nitrogens with zero attached hydrogens (tertiary/aromatic N) is 1. The van der Waals surface area contributed by atoms with Crippen LogP contribution in [0, 0.1) is 6.92 Å². The average molecular weight is 201 g/mol. The van der Waals surface area contributed by atoms with Crippen LogP contribution < -0.4 is 0 Å². The number of carbonyl (C=O) groups excluding carboxylic acids is 1. The number of aliphatic imine (C=N–C) groups is 1.